The molecule has 0 spiro atoms. The number of alkyl halides is 3. The normalized spacial score (nSPS) is 21.1. The van der Waals surface area contributed by atoms with E-state index in [1.54, 1.807) is 6.92 Å². The van der Waals surface area contributed by atoms with Gasteiger partial charge in [0.15, 0.2) is 16.7 Å². The largest absolute Gasteiger partial charge is 0.741 e. The van der Waals surface area contributed by atoms with E-state index in [4.69, 9.17) is 22.4 Å². The summed E-state index contributed by atoms with van der Waals surface area (Å²) >= 11 is 0. The van der Waals surface area contributed by atoms with E-state index in [-0.39, 0.29) is 30.4 Å². The van der Waals surface area contributed by atoms with Crippen molar-refractivity contribution in [2.45, 2.75) is 37.9 Å². The predicted octanol–water partition coefficient (Wildman–Crippen LogP) is 3.90. The van der Waals surface area contributed by atoms with Gasteiger partial charge >= 0.3 is 17.4 Å². The van der Waals surface area contributed by atoms with Gasteiger partial charge in [0.2, 0.25) is 0 Å². The average molecular weight is 558 g/mol. The SMILES string of the molecule is CCOC(=O)/C=C/[C@H]1[C@H](c2ccccc2)C[N+]1(CC(=O)OCC)Cc1ccccc1.O=S(=O)([O-])C(F)(F)F. The number of halogens is 3. The second-order valence-electron chi connectivity index (χ2n) is 8.53. The van der Waals surface area contributed by atoms with Crippen LogP contribution in [-0.4, -0.2) is 67.2 Å². The highest BCUT2D eigenvalue weighted by molar-refractivity contribution is 7.86. The molecule has 0 amide bonds. The van der Waals surface area contributed by atoms with Crippen LogP contribution in [0.2, 0.25) is 0 Å². The maximum atomic E-state index is 12.5. The van der Waals surface area contributed by atoms with E-state index in [0.717, 1.165) is 12.1 Å². The molecule has 0 N–H and O–H groups in total. The standard InChI is InChI=1S/C25H30NO4.CHF3O3S/c1-3-29-24(27)16-15-23-22(21-13-9-6-10-14-21)18-26(23,19-25(28)30-4-2)17-20-11-7-5-8-12-20;2-1(3,4)8(5,6)7/h5-16,22-23H,3-4,17-19H2,1-2H3;(H,5,6,7)/q+1;/p-1/b16-15+;/t22-,23-,26?;/m0./s1. The fraction of sp³-hybridized carbons (Fsp3) is 0.385. The number of rotatable bonds is 9. The molecular formula is C26H30F3NO7S. The van der Waals surface area contributed by atoms with Crippen LogP contribution >= 0.6 is 0 Å². The van der Waals surface area contributed by atoms with Gasteiger partial charge in [-0.15, -0.1) is 0 Å². The van der Waals surface area contributed by atoms with Crippen LogP contribution in [0.4, 0.5) is 13.2 Å². The summed E-state index contributed by atoms with van der Waals surface area (Å²) in [6, 6.07) is 20.4. The number of esters is 2. The Bertz CT molecular complexity index is 1190. The van der Waals surface area contributed by atoms with Gasteiger partial charge in [0.25, 0.3) is 0 Å². The molecule has 1 saturated heterocycles. The average Bonchev–Trinajstić information content (AvgIpc) is 2.83. The molecule has 1 heterocycles. The fourth-order valence-electron chi connectivity index (χ4n) is 4.36. The van der Waals surface area contributed by atoms with Gasteiger partial charge in [-0.1, -0.05) is 60.7 Å². The number of hydrogen-bond acceptors (Lipinski definition) is 7. The number of ether oxygens (including phenoxy) is 2. The molecule has 1 unspecified atom stereocenters. The van der Waals surface area contributed by atoms with E-state index >= 15 is 0 Å². The molecule has 1 aliphatic rings. The molecule has 2 aromatic rings. The molecule has 208 valence electrons. The van der Waals surface area contributed by atoms with E-state index < -0.39 is 15.6 Å². The molecule has 3 rings (SSSR count). The Morgan fingerprint density at radius 1 is 1.00 bits per heavy atom. The molecule has 0 bridgehead atoms. The van der Waals surface area contributed by atoms with Crippen molar-refractivity contribution in [2.24, 2.45) is 0 Å². The molecule has 3 atom stereocenters. The fourth-order valence-corrected chi connectivity index (χ4v) is 4.36. The third-order valence-electron chi connectivity index (χ3n) is 5.92. The van der Waals surface area contributed by atoms with Crippen molar-refractivity contribution >= 4 is 22.1 Å². The third kappa shape index (κ3) is 8.67. The van der Waals surface area contributed by atoms with Crippen molar-refractivity contribution in [1.82, 2.24) is 0 Å². The van der Waals surface area contributed by atoms with Crippen LogP contribution in [0.5, 0.6) is 0 Å². The van der Waals surface area contributed by atoms with Crippen LogP contribution < -0.4 is 0 Å². The van der Waals surface area contributed by atoms with Crippen LogP contribution in [0.15, 0.2) is 72.8 Å². The molecule has 0 aliphatic carbocycles. The lowest BCUT2D eigenvalue weighted by Gasteiger charge is -2.56. The molecule has 0 saturated carbocycles. The molecule has 38 heavy (non-hydrogen) atoms. The van der Waals surface area contributed by atoms with E-state index in [0.29, 0.717) is 24.2 Å². The molecule has 2 aromatic carbocycles. The molecule has 12 heteroatoms. The summed E-state index contributed by atoms with van der Waals surface area (Å²) in [5, 5.41) is 0. The number of quaternary nitrogens is 1. The molecule has 1 fully saturated rings. The van der Waals surface area contributed by atoms with Crippen LogP contribution in [0.1, 0.15) is 30.9 Å². The van der Waals surface area contributed by atoms with Gasteiger partial charge in [0.05, 0.1) is 25.7 Å². The number of carbonyl (C=O) groups excluding carboxylic acids is 2. The Kier molecular flexibility index (Phi) is 11.0. The topological polar surface area (TPSA) is 110 Å². The lowest BCUT2D eigenvalue weighted by molar-refractivity contribution is -0.992. The Hall–Kier alpha value is -3.22. The summed E-state index contributed by atoms with van der Waals surface area (Å²) in [5.74, 6) is -0.352. The molecule has 8 nitrogen and oxygen atoms in total. The van der Waals surface area contributed by atoms with E-state index in [9.17, 15) is 22.8 Å². The van der Waals surface area contributed by atoms with Crippen LogP contribution in [-0.2, 0) is 35.7 Å². The van der Waals surface area contributed by atoms with Crippen molar-refractivity contribution in [1.29, 1.82) is 0 Å². The first-order valence-electron chi connectivity index (χ1n) is 11.8. The molecular weight excluding hydrogens is 527 g/mol. The Morgan fingerprint density at radius 2 is 1.53 bits per heavy atom. The summed E-state index contributed by atoms with van der Waals surface area (Å²) in [6.45, 7) is 6.07. The third-order valence-corrected chi connectivity index (χ3v) is 6.49. The quantitative estimate of drug-likeness (QED) is 0.151. The van der Waals surface area contributed by atoms with Gasteiger partial charge < -0.3 is 18.5 Å². The number of likely N-dealkylation sites (tertiary alicyclic amines) is 1. The molecule has 0 aromatic heterocycles. The number of benzene rings is 2. The van der Waals surface area contributed by atoms with Crippen molar-refractivity contribution in [3.05, 3.63) is 83.9 Å². The first-order chi connectivity index (χ1) is 17.8. The van der Waals surface area contributed by atoms with Gasteiger partial charge in [-0.05, 0) is 25.5 Å². The van der Waals surface area contributed by atoms with Crippen molar-refractivity contribution < 1.29 is 49.7 Å². The van der Waals surface area contributed by atoms with E-state index in [1.165, 1.54) is 11.6 Å². The van der Waals surface area contributed by atoms with Gasteiger partial charge in [-0.2, -0.15) is 13.2 Å². The first kappa shape index (κ1) is 31.0. The van der Waals surface area contributed by atoms with Crippen LogP contribution in [0, 0.1) is 0 Å². The van der Waals surface area contributed by atoms with Gasteiger partial charge in [0, 0.05) is 11.6 Å². The monoisotopic (exact) mass is 557 g/mol. The van der Waals surface area contributed by atoms with E-state index in [1.807, 2.05) is 49.4 Å². The molecule has 0 radical (unpaired) electrons. The van der Waals surface area contributed by atoms with Crippen molar-refractivity contribution in [2.75, 3.05) is 26.3 Å². The summed E-state index contributed by atoms with van der Waals surface area (Å²) in [7, 11) is -6.09. The highest BCUT2D eigenvalue weighted by Gasteiger charge is 2.54. The Balaban J connectivity index is 0.000000550. The van der Waals surface area contributed by atoms with Gasteiger partial charge in [0.1, 0.15) is 12.6 Å². The summed E-state index contributed by atoms with van der Waals surface area (Å²) < 4.78 is 69.8. The highest BCUT2D eigenvalue weighted by Crippen LogP contribution is 2.43. The van der Waals surface area contributed by atoms with Crippen LogP contribution in [0.3, 0.4) is 0 Å². The molecule has 1 aliphatic heterocycles. The summed E-state index contributed by atoms with van der Waals surface area (Å²) in [6.07, 6.45) is 3.42. The second kappa shape index (κ2) is 13.5. The van der Waals surface area contributed by atoms with Gasteiger partial charge in [-0.3, -0.25) is 0 Å². The zero-order valence-electron chi connectivity index (χ0n) is 21.0. The van der Waals surface area contributed by atoms with Crippen LogP contribution in [0.25, 0.3) is 0 Å². The van der Waals surface area contributed by atoms with Crippen molar-refractivity contribution in [3.63, 3.8) is 0 Å². The Labute approximate surface area is 220 Å². The minimum absolute atomic E-state index is 0.0265. The number of hydrogen-bond donors (Lipinski definition) is 0. The smallest absolute Gasteiger partial charge is 0.485 e. The summed E-state index contributed by atoms with van der Waals surface area (Å²) in [5.41, 5.74) is -3.28. The number of nitrogens with zero attached hydrogens (tertiary/aromatic N) is 1. The minimum atomic E-state index is -6.09. The maximum absolute atomic E-state index is 12.5. The highest BCUT2D eigenvalue weighted by atomic mass is 32.2. The van der Waals surface area contributed by atoms with Gasteiger partial charge in [-0.25, -0.2) is 18.0 Å². The lowest BCUT2D eigenvalue weighted by atomic mass is 9.78. The maximum Gasteiger partial charge on any atom is 0.485 e. The number of carbonyl (C=O) groups is 2. The zero-order chi connectivity index (χ0) is 28.4. The lowest BCUT2D eigenvalue weighted by Crippen LogP contribution is -2.69. The van der Waals surface area contributed by atoms with E-state index in [2.05, 4.69) is 24.3 Å². The first-order valence-corrected chi connectivity index (χ1v) is 13.2. The Morgan fingerprint density at radius 3 is 2.03 bits per heavy atom. The minimum Gasteiger partial charge on any atom is -0.741 e. The second-order valence-corrected chi connectivity index (χ2v) is 9.90. The van der Waals surface area contributed by atoms with Crippen molar-refractivity contribution in [3.8, 4) is 0 Å². The zero-order valence-corrected chi connectivity index (χ0v) is 21.8. The predicted molar refractivity (Wildman–Crippen MR) is 131 cm³/mol. The summed E-state index contributed by atoms with van der Waals surface area (Å²) in [4.78, 5) is 24.5.